The van der Waals surface area contributed by atoms with E-state index in [1.165, 1.54) is 18.2 Å². The number of hydrogen-bond acceptors (Lipinski definition) is 3. The number of carbonyl (C=O) groups is 1. The fourth-order valence-corrected chi connectivity index (χ4v) is 2.13. The van der Waals surface area contributed by atoms with Gasteiger partial charge in [-0.25, -0.2) is 4.39 Å². The van der Waals surface area contributed by atoms with Crippen molar-refractivity contribution in [1.29, 1.82) is 0 Å². The van der Waals surface area contributed by atoms with Gasteiger partial charge in [0, 0.05) is 10.1 Å². The van der Waals surface area contributed by atoms with E-state index in [4.69, 9.17) is 0 Å². The summed E-state index contributed by atoms with van der Waals surface area (Å²) in [7, 11) is 0. The number of thiophene rings is 1. The van der Waals surface area contributed by atoms with Crippen molar-refractivity contribution < 1.29 is 14.3 Å². The van der Waals surface area contributed by atoms with Gasteiger partial charge in [0.05, 0.1) is 5.56 Å². The molecule has 0 spiro atoms. The molecule has 0 unspecified atom stereocenters. The summed E-state index contributed by atoms with van der Waals surface area (Å²) in [5.74, 6) is -0.369. The van der Waals surface area contributed by atoms with Crippen LogP contribution in [-0.4, -0.2) is 11.4 Å². The first-order chi connectivity index (χ1) is 6.22. The molecule has 0 amide bonds. The van der Waals surface area contributed by atoms with Crippen LogP contribution >= 0.6 is 11.3 Å². The van der Waals surface area contributed by atoms with Crippen molar-refractivity contribution in [2.45, 2.75) is 0 Å². The molecule has 0 aliphatic heterocycles. The maximum absolute atomic E-state index is 12.7. The van der Waals surface area contributed by atoms with E-state index in [1.807, 2.05) is 0 Å². The molecule has 0 radical (unpaired) electrons. The van der Waals surface area contributed by atoms with Crippen LogP contribution in [0.3, 0.4) is 0 Å². The zero-order valence-electron chi connectivity index (χ0n) is 6.45. The lowest BCUT2D eigenvalue weighted by molar-refractivity contribution is 0.112. The minimum absolute atomic E-state index is 0.0596. The van der Waals surface area contributed by atoms with E-state index in [2.05, 4.69) is 0 Å². The maximum Gasteiger partial charge on any atom is 0.183 e. The number of halogens is 1. The fourth-order valence-electron chi connectivity index (χ4n) is 1.19. The molecule has 0 saturated carbocycles. The summed E-state index contributed by atoms with van der Waals surface area (Å²) in [6.07, 6.45) is 0.575. The molecule has 0 bridgehead atoms. The molecule has 0 aliphatic rings. The first-order valence-electron chi connectivity index (χ1n) is 3.58. The Labute approximate surface area is 77.2 Å². The first-order valence-corrected chi connectivity index (χ1v) is 4.40. The van der Waals surface area contributed by atoms with Crippen molar-refractivity contribution in [1.82, 2.24) is 0 Å². The van der Waals surface area contributed by atoms with Crippen LogP contribution in [0.1, 0.15) is 10.4 Å². The molecule has 1 aromatic heterocycles. The van der Waals surface area contributed by atoms with Crippen LogP contribution in [0.4, 0.5) is 4.39 Å². The van der Waals surface area contributed by atoms with E-state index >= 15 is 0 Å². The van der Waals surface area contributed by atoms with E-state index in [0.717, 1.165) is 11.3 Å². The summed E-state index contributed by atoms with van der Waals surface area (Å²) in [6.45, 7) is 0. The third-order valence-electron chi connectivity index (χ3n) is 1.79. The average Bonchev–Trinajstić information content (AvgIpc) is 2.39. The molecule has 1 N–H and O–H groups in total. The minimum Gasteiger partial charge on any atom is -0.499 e. The van der Waals surface area contributed by atoms with Crippen LogP contribution in [0.5, 0.6) is 5.06 Å². The Kier molecular flexibility index (Phi) is 1.77. The molecule has 0 saturated heterocycles. The Morgan fingerprint density at radius 2 is 2.23 bits per heavy atom. The average molecular weight is 196 g/mol. The monoisotopic (exact) mass is 196 g/mol. The van der Waals surface area contributed by atoms with Gasteiger partial charge < -0.3 is 5.11 Å². The third kappa shape index (κ3) is 1.19. The maximum atomic E-state index is 12.7. The second-order valence-corrected chi connectivity index (χ2v) is 3.61. The van der Waals surface area contributed by atoms with Gasteiger partial charge in [-0.05, 0) is 18.2 Å². The molecule has 13 heavy (non-hydrogen) atoms. The van der Waals surface area contributed by atoms with E-state index < -0.39 is 0 Å². The van der Waals surface area contributed by atoms with Gasteiger partial charge in [-0.1, -0.05) is 11.3 Å². The van der Waals surface area contributed by atoms with Gasteiger partial charge in [-0.3, -0.25) is 4.79 Å². The Balaban J connectivity index is 2.86. The number of fused-ring (bicyclic) bond motifs is 1. The summed E-state index contributed by atoms with van der Waals surface area (Å²) in [6, 6.07) is 4.05. The minimum atomic E-state index is -0.369. The second-order valence-electron chi connectivity index (χ2n) is 2.58. The van der Waals surface area contributed by atoms with E-state index in [0.29, 0.717) is 16.4 Å². The van der Waals surface area contributed by atoms with Crippen LogP contribution in [0.25, 0.3) is 10.1 Å². The summed E-state index contributed by atoms with van der Waals surface area (Å²) in [5.41, 5.74) is 0.236. The molecule has 0 atom stereocenters. The van der Waals surface area contributed by atoms with E-state index in [1.54, 1.807) is 0 Å². The molecular weight excluding hydrogens is 191 g/mol. The third-order valence-corrected chi connectivity index (χ3v) is 2.76. The Bertz CT molecular complexity index is 476. The molecule has 2 nitrogen and oxygen atoms in total. The zero-order valence-corrected chi connectivity index (χ0v) is 7.27. The van der Waals surface area contributed by atoms with Crippen molar-refractivity contribution in [2.24, 2.45) is 0 Å². The van der Waals surface area contributed by atoms with Crippen molar-refractivity contribution in [3.05, 3.63) is 29.6 Å². The molecule has 66 valence electrons. The number of hydrogen-bond donors (Lipinski definition) is 1. The fraction of sp³-hybridized carbons (Fsp3) is 0. The topological polar surface area (TPSA) is 37.3 Å². The summed E-state index contributed by atoms with van der Waals surface area (Å²) < 4.78 is 13.3. The van der Waals surface area contributed by atoms with Crippen LogP contribution in [0.2, 0.25) is 0 Å². The highest BCUT2D eigenvalue weighted by molar-refractivity contribution is 7.21. The predicted octanol–water partition coefficient (Wildman–Crippen LogP) is 2.56. The molecule has 2 aromatic rings. The number of aromatic hydroxyl groups is 1. The molecule has 1 aromatic carbocycles. The SMILES string of the molecule is O=Cc1c(O)sc2cc(F)ccc12. The summed E-state index contributed by atoms with van der Waals surface area (Å²) >= 11 is 1.00. The highest BCUT2D eigenvalue weighted by Gasteiger charge is 2.10. The lowest BCUT2D eigenvalue weighted by Crippen LogP contribution is -1.76. The number of rotatable bonds is 1. The van der Waals surface area contributed by atoms with E-state index in [-0.39, 0.29) is 16.4 Å². The van der Waals surface area contributed by atoms with Gasteiger partial charge >= 0.3 is 0 Å². The molecule has 2 rings (SSSR count). The Hall–Kier alpha value is -1.42. The molecule has 0 aliphatic carbocycles. The number of aldehydes is 1. The lowest BCUT2D eigenvalue weighted by atomic mass is 10.2. The molecular formula is C9H5FO2S. The zero-order chi connectivity index (χ0) is 9.42. The summed E-state index contributed by atoms with van der Waals surface area (Å²) in [5, 5.41) is 9.83. The van der Waals surface area contributed by atoms with Crippen LogP contribution in [0, 0.1) is 5.82 Å². The first kappa shape index (κ1) is 8.19. The predicted molar refractivity (Wildman–Crippen MR) is 48.8 cm³/mol. The van der Waals surface area contributed by atoms with Crippen molar-refractivity contribution in [3.63, 3.8) is 0 Å². The largest absolute Gasteiger partial charge is 0.499 e. The van der Waals surface area contributed by atoms with Gasteiger partial charge in [-0.15, -0.1) is 0 Å². The normalized spacial score (nSPS) is 10.5. The standard InChI is InChI=1S/C9H5FO2S/c10-5-1-2-6-7(4-11)9(12)13-8(6)3-5/h1-4,12H. The van der Waals surface area contributed by atoms with Gasteiger partial charge in [-0.2, -0.15) is 0 Å². The number of carbonyl (C=O) groups excluding carboxylic acids is 1. The Morgan fingerprint density at radius 1 is 1.46 bits per heavy atom. The molecule has 1 heterocycles. The van der Waals surface area contributed by atoms with Gasteiger partial charge in [0.1, 0.15) is 5.82 Å². The Morgan fingerprint density at radius 3 is 2.92 bits per heavy atom. The van der Waals surface area contributed by atoms with E-state index in [9.17, 15) is 14.3 Å². The van der Waals surface area contributed by atoms with Gasteiger partial charge in [0.2, 0.25) is 0 Å². The van der Waals surface area contributed by atoms with Gasteiger partial charge in [0.15, 0.2) is 11.3 Å². The lowest BCUT2D eigenvalue weighted by Gasteiger charge is -1.89. The van der Waals surface area contributed by atoms with Crippen molar-refractivity contribution in [2.75, 3.05) is 0 Å². The van der Waals surface area contributed by atoms with Crippen LogP contribution in [-0.2, 0) is 0 Å². The quantitative estimate of drug-likeness (QED) is 0.711. The number of benzene rings is 1. The highest BCUT2D eigenvalue weighted by atomic mass is 32.1. The smallest absolute Gasteiger partial charge is 0.183 e. The van der Waals surface area contributed by atoms with Gasteiger partial charge in [0.25, 0.3) is 0 Å². The van der Waals surface area contributed by atoms with Crippen molar-refractivity contribution >= 4 is 27.7 Å². The highest BCUT2D eigenvalue weighted by Crippen LogP contribution is 2.35. The molecule has 4 heteroatoms. The second kappa shape index (κ2) is 2.81. The van der Waals surface area contributed by atoms with Crippen LogP contribution < -0.4 is 0 Å². The molecule has 0 fully saturated rings. The van der Waals surface area contributed by atoms with Crippen molar-refractivity contribution in [3.8, 4) is 5.06 Å². The summed E-state index contributed by atoms with van der Waals surface area (Å²) in [4.78, 5) is 10.5. The van der Waals surface area contributed by atoms with Crippen LogP contribution in [0.15, 0.2) is 18.2 Å².